The molecular formula is C12H26N2O2. The first kappa shape index (κ1) is 13.9. The van der Waals surface area contributed by atoms with Gasteiger partial charge in [-0.25, -0.2) is 0 Å². The summed E-state index contributed by atoms with van der Waals surface area (Å²) in [4.78, 5) is 2.29. The molecule has 0 aromatic carbocycles. The normalized spacial score (nSPS) is 26.6. The van der Waals surface area contributed by atoms with Crippen LogP contribution >= 0.6 is 0 Å². The van der Waals surface area contributed by atoms with Crippen LogP contribution in [0.25, 0.3) is 0 Å². The molecule has 3 atom stereocenters. The van der Waals surface area contributed by atoms with Crippen molar-refractivity contribution in [2.45, 2.75) is 51.3 Å². The second kappa shape index (κ2) is 7.22. The van der Waals surface area contributed by atoms with E-state index >= 15 is 0 Å². The highest BCUT2D eigenvalue weighted by molar-refractivity contribution is 4.84. The smallest absolute Gasteiger partial charge is 0.0700 e. The van der Waals surface area contributed by atoms with Crippen molar-refractivity contribution in [2.75, 3.05) is 26.3 Å². The zero-order chi connectivity index (χ0) is 12.0. The molecule has 0 spiro atoms. The summed E-state index contributed by atoms with van der Waals surface area (Å²) in [6.45, 7) is 6.96. The number of ether oxygens (including phenoxy) is 1. The van der Waals surface area contributed by atoms with E-state index < -0.39 is 0 Å². The SMILES string of the molecule is CCCC(N)C(CO)N1CCOC(CC)C1. The number of nitrogens with two attached hydrogens (primary N) is 1. The number of rotatable bonds is 6. The molecule has 0 saturated carbocycles. The molecule has 0 bridgehead atoms. The van der Waals surface area contributed by atoms with Gasteiger partial charge in [0.1, 0.15) is 0 Å². The molecule has 4 heteroatoms. The molecule has 0 radical (unpaired) electrons. The number of hydrogen-bond acceptors (Lipinski definition) is 4. The maximum atomic E-state index is 9.47. The van der Waals surface area contributed by atoms with E-state index in [4.69, 9.17) is 10.5 Å². The number of nitrogens with zero attached hydrogens (tertiary/aromatic N) is 1. The van der Waals surface area contributed by atoms with E-state index in [-0.39, 0.29) is 18.7 Å². The molecule has 4 nitrogen and oxygen atoms in total. The van der Waals surface area contributed by atoms with E-state index in [0.717, 1.165) is 39.0 Å². The van der Waals surface area contributed by atoms with Crippen molar-refractivity contribution < 1.29 is 9.84 Å². The topological polar surface area (TPSA) is 58.7 Å². The Morgan fingerprint density at radius 3 is 2.81 bits per heavy atom. The van der Waals surface area contributed by atoms with E-state index in [2.05, 4.69) is 18.7 Å². The van der Waals surface area contributed by atoms with Gasteiger partial charge < -0.3 is 15.6 Å². The molecule has 1 aliphatic heterocycles. The van der Waals surface area contributed by atoms with Crippen molar-refractivity contribution in [1.82, 2.24) is 4.90 Å². The van der Waals surface area contributed by atoms with Crippen molar-refractivity contribution in [3.8, 4) is 0 Å². The summed E-state index contributed by atoms with van der Waals surface area (Å²) in [6.07, 6.45) is 3.37. The Kier molecular flexibility index (Phi) is 6.28. The minimum absolute atomic E-state index is 0.0746. The Bertz CT molecular complexity index is 190. The number of aliphatic hydroxyl groups excluding tert-OH is 1. The van der Waals surface area contributed by atoms with Gasteiger partial charge in [0.05, 0.1) is 19.3 Å². The summed E-state index contributed by atoms with van der Waals surface area (Å²) in [7, 11) is 0. The molecule has 1 aliphatic rings. The second-order valence-corrected chi connectivity index (χ2v) is 4.60. The van der Waals surface area contributed by atoms with Gasteiger partial charge >= 0.3 is 0 Å². The fraction of sp³-hybridized carbons (Fsp3) is 1.00. The average molecular weight is 230 g/mol. The van der Waals surface area contributed by atoms with Crippen molar-refractivity contribution in [3.05, 3.63) is 0 Å². The Morgan fingerprint density at radius 1 is 1.50 bits per heavy atom. The van der Waals surface area contributed by atoms with Crippen LogP contribution < -0.4 is 5.73 Å². The van der Waals surface area contributed by atoms with E-state index in [1.54, 1.807) is 0 Å². The molecule has 1 rings (SSSR count). The first-order valence-electron chi connectivity index (χ1n) is 6.45. The van der Waals surface area contributed by atoms with Gasteiger partial charge in [-0.15, -0.1) is 0 Å². The number of aliphatic hydroxyl groups is 1. The molecular weight excluding hydrogens is 204 g/mol. The molecule has 0 aliphatic carbocycles. The first-order chi connectivity index (χ1) is 7.72. The fourth-order valence-corrected chi connectivity index (χ4v) is 2.34. The van der Waals surface area contributed by atoms with Crippen LogP contribution in [0.3, 0.4) is 0 Å². The van der Waals surface area contributed by atoms with Gasteiger partial charge in [0.25, 0.3) is 0 Å². The summed E-state index contributed by atoms with van der Waals surface area (Å²) in [6, 6.07) is 0.170. The molecule has 1 fully saturated rings. The van der Waals surface area contributed by atoms with Crippen LogP contribution in [0.5, 0.6) is 0 Å². The lowest BCUT2D eigenvalue weighted by Crippen LogP contribution is -2.55. The summed E-state index contributed by atoms with van der Waals surface area (Å²) in [5.41, 5.74) is 6.11. The molecule has 0 aromatic heterocycles. The minimum atomic E-state index is 0.0746. The monoisotopic (exact) mass is 230 g/mol. The Morgan fingerprint density at radius 2 is 2.25 bits per heavy atom. The molecule has 96 valence electrons. The van der Waals surface area contributed by atoms with Gasteiger partial charge in [-0.2, -0.15) is 0 Å². The highest BCUT2D eigenvalue weighted by Gasteiger charge is 2.28. The van der Waals surface area contributed by atoms with Gasteiger partial charge in [-0.05, 0) is 12.8 Å². The minimum Gasteiger partial charge on any atom is -0.395 e. The maximum Gasteiger partial charge on any atom is 0.0700 e. The Labute approximate surface area is 98.8 Å². The van der Waals surface area contributed by atoms with Gasteiger partial charge in [-0.1, -0.05) is 20.3 Å². The van der Waals surface area contributed by atoms with E-state index in [9.17, 15) is 5.11 Å². The van der Waals surface area contributed by atoms with E-state index in [1.807, 2.05) is 0 Å². The van der Waals surface area contributed by atoms with Crippen LogP contribution in [0.2, 0.25) is 0 Å². The fourth-order valence-electron chi connectivity index (χ4n) is 2.34. The van der Waals surface area contributed by atoms with Gasteiger partial charge in [0.15, 0.2) is 0 Å². The molecule has 1 heterocycles. The predicted octanol–water partition coefficient (Wildman–Crippen LogP) is 0.586. The van der Waals surface area contributed by atoms with Crippen molar-refractivity contribution in [3.63, 3.8) is 0 Å². The quantitative estimate of drug-likeness (QED) is 0.701. The summed E-state index contributed by atoms with van der Waals surface area (Å²) in [5.74, 6) is 0. The lowest BCUT2D eigenvalue weighted by atomic mass is 10.0. The summed E-state index contributed by atoms with van der Waals surface area (Å²) in [5, 5.41) is 9.47. The van der Waals surface area contributed by atoms with Crippen molar-refractivity contribution in [1.29, 1.82) is 0 Å². The van der Waals surface area contributed by atoms with Gasteiger partial charge in [-0.3, -0.25) is 4.90 Å². The van der Waals surface area contributed by atoms with Crippen LogP contribution in [0.15, 0.2) is 0 Å². The lowest BCUT2D eigenvalue weighted by Gasteiger charge is -2.39. The van der Waals surface area contributed by atoms with E-state index in [1.165, 1.54) is 0 Å². The van der Waals surface area contributed by atoms with Crippen molar-refractivity contribution in [2.24, 2.45) is 5.73 Å². The van der Waals surface area contributed by atoms with Crippen molar-refractivity contribution >= 4 is 0 Å². The van der Waals surface area contributed by atoms with Gasteiger partial charge in [0, 0.05) is 25.2 Å². The Hall–Kier alpha value is -0.160. The average Bonchev–Trinajstić information content (AvgIpc) is 2.31. The molecule has 3 unspecified atom stereocenters. The first-order valence-corrected chi connectivity index (χ1v) is 6.45. The van der Waals surface area contributed by atoms with Crippen LogP contribution in [-0.2, 0) is 4.74 Å². The van der Waals surface area contributed by atoms with E-state index in [0.29, 0.717) is 6.10 Å². The highest BCUT2D eigenvalue weighted by Crippen LogP contribution is 2.14. The number of hydrogen-bond donors (Lipinski definition) is 2. The van der Waals surface area contributed by atoms with Crippen LogP contribution in [0.1, 0.15) is 33.1 Å². The molecule has 1 saturated heterocycles. The maximum absolute atomic E-state index is 9.47. The zero-order valence-corrected chi connectivity index (χ0v) is 10.6. The van der Waals surface area contributed by atoms with Crippen LogP contribution in [0.4, 0.5) is 0 Å². The molecule has 0 amide bonds. The molecule has 16 heavy (non-hydrogen) atoms. The largest absolute Gasteiger partial charge is 0.395 e. The lowest BCUT2D eigenvalue weighted by molar-refractivity contribution is -0.0559. The second-order valence-electron chi connectivity index (χ2n) is 4.60. The summed E-state index contributed by atoms with van der Waals surface area (Å²) < 4.78 is 5.63. The standard InChI is InChI=1S/C12H26N2O2/c1-3-5-11(13)12(9-15)14-6-7-16-10(4-2)8-14/h10-12,15H,3-9,13H2,1-2H3. The highest BCUT2D eigenvalue weighted by atomic mass is 16.5. The number of morpholine rings is 1. The molecule has 0 aromatic rings. The Balaban J connectivity index is 2.50. The third kappa shape index (κ3) is 3.70. The van der Waals surface area contributed by atoms with Gasteiger partial charge in [0.2, 0.25) is 0 Å². The van der Waals surface area contributed by atoms with Crippen LogP contribution in [0, 0.1) is 0 Å². The molecule has 3 N–H and O–H groups in total. The third-order valence-electron chi connectivity index (χ3n) is 3.40. The predicted molar refractivity (Wildman–Crippen MR) is 65.4 cm³/mol. The summed E-state index contributed by atoms with van der Waals surface area (Å²) >= 11 is 0. The zero-order valence-electron chi connectivity index (χ0n) is 10.6. The van der Waals surface area contributed by atoms with Crippen LogP contribution in [-0.4, -0.2) is 54.5 Å². The third-order valence-corrected chi connectivity index (χ3v) is 3.40.